The Balaban J connectivity index is 1.63. The van der Waals surface area contributed by atoms with Crippen LogP contribution in [0.1, 0.15) is 24.2 Å². The molecule has 0 saturated carbocycles. The average molecular weight is 444 g/mol. The van der Waals surface area contributed by atoms with Crippen LogP contribution in [0.4, 0.5) is 17.1 Å². The van der Waals surface area contributed by atoms with Gasteiger partial charge in [0.05, 0.1) is 12.2 Å². The fourth-order valence-corrected chi connectivity index (χ4v) is 3.24. The first kappa shape index (κ1) is 23.6. The predicted octanol–water partition coefficient (Wildman–Crippen LogP) is 5.36. The second-order valence-corrected chi connectivity index (χ2v) is 7.61. The Morgan fingerprint density at radius 1 is 0.970 bits per heavy atom. The second-order valence-electron chi connectivity index (χ2n) is 7.61. The van der Waals surface area contributed by atoms with Gasteiger partial charge in [-0.25, -0.2) is 0 Å². The lowest BCUT2D eigenvalue weighted by Crippen LogP contribution is -2.30. The van der Waals surface area contributed by atoms with Gasteiger partial charge in [0.2, 0.25) is 5.91 Å². The smallest absolute Gasteiger partial charge is 0.258 e. The molecule has 2 N–H and O–H groups in total. The van der Waals surface area contributed by atoms with Crippen molar-refractivity contribution < 1.29 is 14.3 Å². The third-order valence-electron chi connectivity index (χ3n) is 4.83. The number of para-hydroxylation sites is 3. The van der Waals surface area contributed by atoms with Crippen molar-refractivity contribution in [1.29, 1.82) is 0 Å². The summed E-state index contributed by atoms with van der Waals surface area (Å²) < 4.78 is 5.70. The highest BCUT2D eigenvalue weighted by atomic mass is 16.5. The Hall–Kier alpha value is -4.06. The van der Waals surface area contributed by atoms with Crippen LogP contribution < -0.4 is 20.3 Å². The van der Waals surface area contributed by atoms with Gasteiger partial charge in [-0.3, -0.25) is 9.59 Å². The number of carbonyl (C=O) groups is 2. The van der Waals surface area contributed by atoms with E-state index in [9.17, 15) is 9.59 Å². The molecule has 3 rings (SSSR count). The number of amides is 2. The molecule has 0 radical (unpaired) electrons. The van der Waals surface area contributed by atoms with Crippen molar-refractivity contribution in [3.05, 3.63) is 96.6 Å². The molecule has 0 aliphatic heterocycles. The maximum Gasteiger partial charge on any atom is 0.258 e. The summed E-state index contributed by atoms with van der Waals surface area (Å²) in [6.07, 6.45) is 0. The van der Waals surface area contributed by atoms with Crippen molar-refractivity contribution in [3.8, 4) is 5.75 Å². The zero-order valence-corrected chi connectivity index (χ0v) is 19.0. The summed E-state index contributed by atoms with van der Waals surface area (Å²) in [7, 11) is 0. The zero-order valence-electron chi connectivity index (χ0n) is 19.0. The molecule has 0 fully saturated rings. The van der Waals surface area contributed by atoms with Crippen molar-refractivity contribution in [1.82, 2.24) is 0 Å². The predicted molar refractivity (Wildman–Crippen MR) is 134 cm³/mol. The van der Waals surface area contributed by atoms with Crippen molar-refractivity contribution in [2.75, 3.05) is 35.2 Å². The summed E-state index contributed by atoms with van der Waals surface area (Å²) >= 11 is 0. The van der Waals surface area contributed by atoms with Gasteiger partial charge in [-0.1, -0.05) is 43.0 Å². The minimum Gasteiger partial charge on any atom is -0.487 e. The normalized spacial score (nSPS) is 10.2. The molecule has 6 nitrogen and oxygen atoms in total. The maximum absolute atomic E-state index is 13.1. The van der Waals surface area contributed by atoms with E-state index in [1.807, 2.05) is 62.4 Å². The highest BCUT2D eigenvalue weighted by Gasteiger charge is 2.16. The monoisotopic (exact) mass is 443 g/mol. The molecule has 0 bridgehead atoms. The van der Waals surface area contributed by atoms with Gasteiger partial charge in [0, 0.05) is 23.5 Å². The molecule has 0 spiro atoms. The van der Waals surface area contributed by atoms with Crippen molar-refractivity contribution in [3.63, 3.8) is 0 Å². The molecule has 0 saturated heterocycles. The number of hydrogen-bond donors (Lipinski definition) is 2. The van der Waals surface area contributed by atoms with E-state index in [4.69, 9.17) is 4.74 Å². The van der Waals surface area contributed by atoms with Crippen LogP contribution in [0.3, 0.4) is 0 Å². The molecule has 0 unspecified atom stereocenters. The van der Waals surface area contributed by atoms with Gasteiger partial charge in [-0.2, -0.15) is 0 Å². The summed E-state index contributed by atoms with van der Waals surface area (Å²) in [5, 5.41) is 5.95. The maximum atomic E-state index is 13.1. The first-order valence-corrected chi connectivity index (χ1v) is 10.8. The molecule has 0 aromatic heterocycles. The molecule has 2 amide bonds. The van der Waals surface area contributed by atoms with Crippen LogP contribution in [0.2, 0.25) is 0 Å². The third kappa shape index (κ3) is 6.71. The lowest BCUT2D eigenvalue weighted by Gasteiger charge is -2.21. The van der Waals surface area contributed by atoms with Crippen molar-refractivity contribution in [2.24, 2.45) is 0 Å². The summed E-state index contributed by atoms with van der Waals surface area (Å²) in [5.74, 6) is 0.264. The fourth-order valence-electron chi connectivity index (χ4n) is 3.24. The van der Waals surface area contributed by atoms with Gasteiger partial charge in [-0.05, 0) is 61.9 Å². The molecular weight excluding hydrogens is 414 g/mol. The molecule has 3 aromatic rings. The summed E-state index contributed by atoms with van der Waals surface area (Å²) in [6, 6.07) is 24.0. The van der Waals surface area contributed by atoms with Crippen molar-refractivity contribution in [2.45, 2.75) is 13.8 Å². The molecule has 0 aliphatic carbocycles. The molecular formula is C27H29N3O3. The van der Waals surface area contributed by atoms with Gasteiger partial charge in [0.1, 0.15) is 12.4 Å². The van der Waals surface area contributed by atoms with Crippen LogP contribution in [0.5, 0.6) is 5.75 Å². The Bertz CT molecular complexity index is 1110. The van der Waals surface area contributed by atoms with Crippen LogP contribution in [-0.4, -0.2) is 31.5 Å². The largest absolute Gasteiger partial charge is 0.487 e. The average Bonchev–Trinajstić information content (AvgIpc) is 2.83. The van der Waals surface area contributed by atoms with Gasteiger partial charge >= 0.3 is 0 Å². The first-order valence-electron chi connectivity index (χ1n) is 10.8. The second kappa shape index (κ2) is 11.5. The van der Waals surface area contributed by atoms with Crippen molar-refractivity contribution >= 4 is 28.9 Å². The van der Waals surface area contributed by atoms with Gasteiger partial charge in [0.15, 0.2) is 0 Å². The molecule has 33 heavy (non-hydrogen) atoms. The fraction of sp³-hybridized carbons (Fsp3) is 0.185. The summed E-state index contributed by atoms with van der Waals surface area (Å²) in [6.45, 7) is 8.62. The molecule has 170 valence electrons. The Morgan fingerprint density at radius 2 is 1.70 bits per heavy atom. The van der Waals surface area contributed by atoms with E-state index in [2.05, 4.69) is 17.2 Å². The van der Waals surface area contributed by atoms with E-state index in [1.54, 1.807) is 35.2 Å². The van der Waals surface area contributed by atoms with Crippen LogP contribution in [-0.2, 0) is 4.79 Å². The number of rotatable bonds is 10. The Labute approximate surface area is 194 Å². The van der Waals surface area contributed by atoms with Gasteiger partial charge in [-0.15, -0.1) is 0 Å². The number of nitrogens with one attached hydrogen (secondary N) is 2. The standard InChI is InChI=1S/C27H29N3O3/c1-4-30(23-13-6-5-7-14-23)27(32)21-11-10-12-22(17-21)28-18-26(31)29-24-15-8-9-16-25(24)33-19-20(2)3/h5-17,28H,2,4,18-19H2,1,3H3,(H,29,31). The molecule has 6 heteroatoms. The van der Waals surface area contributed by atoms with E-state index in [0.717, 1.165) is 11.3 Å². The molecule has 0 heterocycles. The van der Waals surface area contributed by atoms with Crippen LogP contribution in [0.25, 0.3) is 0 Å². The SMILES string of the molecule is C=C(C)COc1ccccc1NC(=O)CNc1cccc(C(=O)N(CC)c2ccccc2)c1. The van der Waals surface area contributed by atoms with E-state index in [0.29, 0.717) is 35.8 Å². The number of anilines is 3. The van der Waals surface area contributed by atoms with Gasteiger partial charge < -0.3 is 20.3 Å². The highest BCUT2D eigenvalue weighted by Crippen LogP contribution is 2.24. The van der Waals surface area contributed by atoms with Gasteiger partial charge in [0.25, 0.3) is 5.91 Å². The third-order valence-corrected chi connectivity index (χ3v) is 4.83. The first-order chi connectivity index (χ1) is 16.0. The quantitative estimate of drug-likeness (QED) is 0.414. The Morgan fingerprint density at radius 3 is 2.42 bits per heavy atom. The highest BCUT2D eigenvalue weighted by molar-refractivity contribution is 6.06. The number of ether oxygens (including phenoxy) is 1. The van der Waals surface area contributed by atoms with E-state index >= 15 is 0 Å². The Kier molecular flexibility index (Phi) is 8.24. The van der Waals surface area contributed by atoms with E-state index in [-0.39, 0.29) is 18.4 Å². The zero-order chi connectivity index (χ0) is 23.6. The molecule has 3 aromatic carbocycles. The lowest BCUT2D eigenvalue weighted by atomic mass is 10.1. The van der Waals surface area contributed by atoms with Crippen LogP contribution in [0, 0.1) is 0 Å². The summed E-state index contributed by atoms with van der Waals surface area (Å²) in [4.78, 5) is 27.3. The van der Waals surface area contributed by atoms with E-state index in [1.165, 1.54) is 0 Å². The molecule has 0 atom stereocenters. The number of hydrogen-bond acceptors (Lipinski definition) is 4. The summed E-state index contributed by atoms with van der Waals surface area (Å²) in [5.41, 5.74) is 3.56. The van der Waals surface area contributed by atoms with Crippen LogP contribution >= 0.6 is 0 Å². The topological polar surface area (TPSA) is 70.7 Å². The number of nitrogens with zero attached hydrogens (tertiary/aromatic N) is 1. The minimum atomic E-state index is -0.224. The van der Waals surface area contributed by atoms with Crippen LogP contribution in [0.15, 0.2) is 91.0 Å². The molecule has 0 aliphatic rings. The van der Waals surface area contributed by atoms with E-state index < -0.39 is 0 Å². The minimum absolute atomic E-state index is 0.0443. The number of benzene rings is 3. The number of carbonyl (C=O) groups excluding carboxylic acids is 2. The lowest BCUT2D eigenvalue weighted by molar-refractivity contribution is -0.114.